The summed E-state index contributed by atoms with van der Waals surface area (Å²) in [5, 5.41) is 40.7. The Kier molecular flexibility index (Phi) is 5.01. The molecule has 165 valence electrons. The minimum Gasteiger partial charge on any atom is -0.508 e. The smallest absolute Gasteiger partial charge is 0.319 e. The van der Waals surface area contributed by atoms with Gasteiger partial charge in [0.1, 0.15) is 11.5 Å². The van der Waals surface area contributed by atoms with Crippen molar-refractivity contribution in [2.24, 2.45) is 7.05 Å². The topological polar surface area (TPSA) is 96.3 Å². The molecule has 0 fully saturated rings. The molecule has 2 aromatic heterocycles. The van der Waals surface area contributed by atoms with Crippen LogP contribution < -0.4 is 0 Å². The van der Waals surface area contributed by atoms with Crippen LogP contribution in [0.3, 0.4) is 0 Å². The lowest BCUT2D eigenvalue weighted by Crippen LogP contribution is -2.02. The summed E-state index contributed by atoms with van der Waals surface area (Å²) >= 11 is 0. The SMILES string of the molecule is CC(Cc1c[c]ccc1)c1cc(-c2nnc(O)n2-c2ccc3c(ccn3C)c2)c(O)cc1O. The number of phenolic OH excluding ortho intramolecular Hbond substituents is 2. The van der Waals surface area contributed by atoms with Gasteiger partial charge >= 0.3 is 6.01 Å². The normalized spacial score (nSPS) is 12.3. The second-order valence-corrected chi connectivity index (χ2v) is 8.27. The molecule has 1 atom stereocenters. The number of rotatable bonds is 5. The summed E-state index contributed by atoms with van der Waals surface area (Å²) in [6.45, 7) is 2.01. The van der Waals surface area contributed by atoms with E-state index in [-0.39, 0.29) is 29.3 Å². The third kappa shape index (κ3) is 3.67. The number of hydrogen-bond acceptors (Lipinski definition) is 5. The van der Waals surface area contributed by atoms with E-state index in [0.717, 1.165) is 16.5 Å². The fourth-order valence-electron chi connectivity index (χ4n) is 4.29. The molecule has 0 saturated heterocycles. The molecule has 7 heteroatoms. The maximum absolute atomic E-state index is 10.7. The molecule has 0 spiro atoms. The van der Waals surface area contributed by atoms with Crippen molar-refractivity contribution in [1.29, 1.82) is 0 Å². The highest BCUT2D eigenvalue weighted by molar-refractivity contribution is 5.83. The Bertz CT molecular complexity index is 1450. The zero-order chi connectivity index (χ0) is 23.1. The van der Waals surface area contributed by atoms with E-state index in [9.17, 15) is 15.3 Å². The lowest BCUT2D eigenvalue weighted by atomic mass is 9.91. The van der Waals surface area contributed by atoms with Crippen molar-refractivity contribution in [3.63, 3.8) is 0 Å². The number of benzene rings is 3. The van der Waals surface area contributed by atoms with Crippen LogP contribution in [-0.4, -0.2) is 34.7 Å². The molecule has 3 N–H and O–H groups in total. The van der Waals surface area contributed by atoms with Gasteiger partial charge in [0.05, 0.1) is 11.3 Å². The zero-order valence-electron chi connectivity index (χ0n) is 18.3. The molecule has 7 nitrogen and oxygen atoms in total. The number of aromatic hydroxyl groups is 3. The highest BCUT2D eigenvalue weighted by Gasteiger charge is 2.22. The number of aryl methyl sites for hydroxylation is 1. The Morgan fingerprint density at radius 2 is 1.85 bits per heavy atom. The Balaban J connectivity index is 1.59. The maximum atomic E-state index is 10.7. The quantitative estimate of drug-likeness (QED) is 0.369. The second kappa shape index (κ2) is 8.02. The lowest BCUT2D eigenvalue weighted by Gasteiger charge is -2.17. The van der Waals surface area contributed by atoms with Gasteiger partial charge in [-0.25, -0.2) is 4.57 Å². The summed E-state index contributed by atoms with van der Waals surface area (Å²) in [6, 6.07) is 21.2. The molecule has 0 aliphatic rings. The molecule has 2 heterocycles. The maximum Gasteiger partial charge on any atom is 0.319 e. The predicted octanol–water partition coefficient (Wildman–Crippen LogP) is 4.69. The van der Waals surface area contributed by atoms with E-state index < -0.39 is 0 Å². The van der Waals surface area contributed by atoms with E-state index >= 15 is 0 Å². The van der Waals surface area contributed by atoms with Gasteiger partial charge in [-0.3, -0.25) is 0 Å². The van der Waals surface area contributed by atoms with Crippen LogP contribution in [0.1, 0.15) is 24.0 Å². The van der Waals surface area contributed by atoms with Crippen molar-refractivity contribution in [3.8, 4) is 34.6 Å². The van der Waals surface area contributed by atoms with Crippen molar-refractivity contribution in [3.05, 3.63) is 84.1 Å². The lowest BCUT2D eigenvalue weighted by molar-refractivity contribution is 0.420. The molecular formula is C26H23N4O3. The summed E-state index contributed by atoms with van der Waals surface area (Å²) in [6.07, 6.45) is 2.66. The molecule has 0 amide bonds. The molecule has 0 aliphatic carbocycles. The summed E-state index contributed by atoms with van der Waals surface area (Å²) in [4.78, 5) is 0. The van der Waals surface area contributed by atoms with Gasteiger partial charge < -0.3 is 19.9 Å². The summed E-state index contributed by atoms with van der Waals surface area (Å²) < 4.78 is 3.50. The van der Waals surface area contributed by atoms with Gasteiger partial charge in [0, 0.05) is 30.2 Å². The van der Waals surface area contributed by atoms with Crippen LogP contribution in [0.15, 0.2) is 66.9 Å². The van der Waals surface area contributed by atoms with Crippen LogP contribution in [0.4, 0.5) is 0 Å². The van der Waals surface area contributed by atoms with E-state index in [1.54, 1.807) is 6.07 Å². The Morgan fingerprint density at radius 1 is 1.00 bits per heavy atom. The predicted molar refractivity (Wildman–Crippen MR) is 126 cm³/mol. The van der Waals surface area contributed by atoms with Crippen LogP contribution in [0.25, 0.3) is 28.0 Å². The van der Waals surface area contributed by atoms with Crippen LogP contribution in [0.2, 0.25) is 0 Å². The number of nitrogens with zero attached hydrogens (tertiary/aromatic N) is 4. The molecule has 0 saturated carbocycles. The van der Waals surface area contributed by atoms with Gasteiger partial charge in [-0.05, 0) is 59.9 Å². The fraction of sp³-hybridized carbons (Fsp3) is 0.154. The molecule has 5 rings (SSSR count). The average Bonchev–Trinajstić information content (AvgIpc) is 3.36. The third-order valence-corrected chi connectivity index (χ3v) is 6.00. The van der Waals surface area contributed by atoms with Crippen LogP contribution in [0, 0.1) is 6.07 Å². The van der Waals surface area contributed by atoms with E-state index in [1.807, 2.05) is 73.3 Å². The molecule has 3 aromatic carbocycles. The first-order valence-electron chi connectivity index (χ1n) is 10.6. The largest absolute Gasteiger partial charge is 0.508 e. The Morgan fingerprint density at radius 3 is 2.64 bits per heavy atom. The summed E-state index contributed by atoms with van der Waals surface area (Å²) in [5.41, 5.74) is 3.84. The number of fused-ring (bicyclic) bond motifs is 1. The van der Waals surface area contributed by atoms with Crippen LogP contribution in [-0.2, 0) is 13.5 Å². The van der Waals surface area contributed by atoms with Crippen molar-refractivity contribution in [2.75, 3.05) is 0 Å². The molecule has 5 aromatic rings. The fourth-order valence-corrected chi connectivity index (χ4v) is 4.29. The first-order chi connectivity index (χ1) is 15.9. The molecule has 33 heavy (non-hydrogen) atoms. The molecular weight excluding hydrogens is 416 g/mol. The molecule has 1 unspecified atom stereocenters. The summed E-state index contributed by atoms with van der Waals surface area (Å²) in [5.74, 6) is 0.100. The van der Waals surface area contributed by atoms with E-state index in [1.165, 1.54) is 10.6 Å². The van der Waals surface area contributed by atoms with E-state index in [0.29, 0.717) is 23.2 Å². The highest BCUT2D eigenvalue weighted by atomic mass is 16.3. The third-order valence-electron chi connectivity index (χ3n) is 6.00. The zero-order valence-corrected chi connectivity index (χ0v) is 18.3. The van der Waals surface area contributed by atoms with Gasteiger partial charge in [0.15, 0.2) is 5.82 Å². The molecule has 0 bridgehead atoms. The standard InChI is InChI=1S/C26H23N4O3/c1-16(12-17-6-4-3-5-7-17)20-14-21(24(32)15-23(20)31)25-27-28-26(33)30(25)19-8-9-22-18(13-19)10-11-29(22)2/h3-4,6-11,13-16,31-32H,12H2,1-2H3,(H,28,33). The highest BCUT2D eigenvalue weighted by Crippen LogP contribution is 2.40. The Labute approximate surface area is 190 Å². The number of phenols is 2. The number of hydrogen-bond donors (Lipinski definition) is 3. The van der Waals surface area contributed by atoms with Gasteiger partial charge in [0.2, 0.25) is 0 Å². The van der Waals surface area contributed by atoms with Crippen LogP contribution >= 0.6 is 0 Å². The van der Waals surface area contributed by atoms with Crippen molar-refractivity contribution in [1.82, 2.24) is 19.3 Å². The van der Waals surface area contributed by atoms with E-state index in [4.69, 9.17) is 0 Å². The van der Waals surface area contributed by atoms with Crippen molar-refractivity contribution >= 4 is 10.9 Å². The minimum absolute atomic E-state index is 0.00431. The van der Waals surface area contributed by atoms with Crippen LogP contribution in [0.5, 0.6) is 17.5 Å². The first kappa shape index (κ1) is 20.6. The minimum atomic E-state index is -0.290. The second-order valence-electron chi connectivity index (χ2n) is 8.27. The molecule has 0 aliphatic heterocycles. The van der Waals surface area contributed by atoms with Crippen molar-refractivity contribution in [2.45, 2.75) is 19.3 Å². The molecule has 1 radical (unpaired) electrons. The van der Waals surface area contributed by atoms with E-state index in [2.05, 4.69) is 16.3 Å². The van der Waals surface area contributed by atoms with Gasteiger partial charge in [-0.1, -0.05) is 36.3 Å². The van der Waals surface area contributed by atoms with Gasteiger partial charge in [0.25, 0.3) is 0 Å². The average molecular weight is 439 g/mol. The van der Waals surface area contributed by atoms with Crippen molar-refractivity contribution < 1.29 is 15.3 Å². The monoisotopic (exact) mass is 439 g/mol. The Hall–Kier alpha value is -4.26. The summed E-state index contributed by atoms with van der Waals surface area (Å²) in [7, 11) is 1.97. The van der Waals surface area contributed by atoms with Gasteiger partial charge in [-0.15, -0.1) is 5.10 Å². The first-order valence-corrected chi connectivity index (χ1v) is 10.6. The number of aromatic nitrogens is 4. The van der Waals surface area contributed by atoms with Gasteiger partial charge in [-0.2, -0.15) is 0 Å².